The van der Waals surface area contributed by atoms with Crippen LogP contribution in [0, 0.1) is 12.3 Å². The van der Waals surface area contributed by atoms with Crippen molar-refractivity contribution in [2.75, 3.05) is 17.7 Å². The molecule has 0 fully saturated rings. The number of hydrogen-bond acceptors (Lipinski definition) is 4. The number of sulfone groups is 1. The van der Waals surface area contributed by atoms with Crippen LogP contribution in [0.4, 0.5) is 10.5 Å². The summed E-state index contributed by atoms with van der Waals surface area (Å²) in [4.78, 5) is 13.5. The fourth-order valence-corrected chi connectivity index (χ4v) is 2.59. The van der Waals surface area contributed by atoms with Crippen LogP contribution in [-0.2, 0) is 14.6 Å². The fourth-order valence-electron chi connectivity index (χ4n) is 1.59. The Morgan fingerprint density at radius 1 is 1.41 bits per heavy atom. The van der Waals surface area contributed by atoms with Gasteiger partial charge in [0.2, 0.25) is 0 Å². The van der Waals surface area contributed by atoms with E-state index in [1.165, 1.54) is 23.1 Å². The Balaban J connectivity index is 3.23. The van der Waals surface area contributed by atoms with Gasteiger partial charge in [0.05, 0.1) is 22.2 Å². The Morgan fingerprint density at radius 2 is 2.00 bits per heavy atom. The maximum Gasteiger partial charge on any atom is 0.415 e. The van der Waals surface area contributed by atoms with Crippen LogP contribution < -0.4 is 4.90 Å². The van der Waals surface area contributed by atoms with Gasteiger partial charge in [-0.2, -0.15) is 0 Å². The maximum atomic E-state index is 12.2. The van der Waals surface area contributed by atoms with E-state index in [1.807, 2.05) is 0 Å². The lowest BCUT2D eigenvalue weighted by atomic mass is 10.2. The van der Waals surface area contributed by atoms with Crippen LogP contribution in [0.15, 0.2) is 23.1 Å². The maximum absolute atomic E-state index is 12.2. The molecule has 0 bridgehead atoms. The highest BCUT2D eigenvalue weighted by molar-refractivity contribution is 7.90. The number of halogens is 1. The molecular formula is C15H18ClNO4S. The molecule has 0 aromatic heterocycles. The standard InChI is InChI=1S/C15H18ClNO4S/c1-6-9-17(14(18)21-15(2,3)4)13-8-7-11(10-12(13)16)22(5,19)20/h1,7-8,10H,9H2,2-5H3. The second-order valence-corrected chi connectivity index (χ2v) is 8.08. The third-order valence-electron chi connectivity index (χ3n) is 2.50. The van der Waals surface area contributed by atoms with Gasteiger partial charge in [-0.25, -0.2) is 13.2 Å². The molecule has 0 spiro atoms. The first-order chi connectivity index (χ1) is 9.95. The molecular weight excluding hydrogens is 326 g/mol. The van der Waals surface area contributed by atoms with Crippen LogP contribution >= 0.6 is 11.6 Å². The van der Waals surface area contributed by atoms with Crippen LogP contribution in [-0.4, -0.2) is 32.9 Å². The number of ether oxygens (including phenoxy) is 1. The summed E-state index contributed by atoms with van der Waals surface area (Å²) >= 11 is 6.10. The predicted octanol–water partition coefficient (Wildman–Crippen LogP) is 3.12. The van der Waals surface area contributed by atoms with Crippen molar-refractivity contribution in [3.8, 4) is 12.3 Å². The van der Waals surface area contributed by atoms with E-state index in [9.17, 15) is 13.2 Å². The van der Waals surface area contributed by atoms with E-state index in [0.717, 1.165) is 6.26 Å². The Labute approximate surface area is 136 Å². The first kappa shape index (κ1) is 18.3. The molecule has 0 saturated carbocycles. The van der Waals surface area contributed by atoms with Crippen molar-refractivity contribution in [2.24, 2.45) is 0 Å². The Morgan fingerprint density at radius 3 is 2.41 bits per heavy atom. The minimum atomic E-state index is -3.39. The van der Waals surface area contributed by atoms with E-state index in [1.54, 1.807) is 20.8 Å². The van der Waals surface area contributed by atoms with Gasteiger partial charge in [-0.1, -0.05) is 17.5 Å². The zero-order chi connectivity index (χ0) is 17.1. The summed E-state index contributed by atoms with van der Waals surface area (Å²) in [6.07, 6.45) is 5.70. The highest BCUT2D eigenvalue weighted by atomic mass is 35.5. The van der Waals surface area contributed by atoms with Crippen molar-refractivity contribution in [2.45, 2.75) is 31.3 Å². The van der Waals surface area contributed by atoms with Gasteiger partial charge in [-0.05, 0) is 39.0 Å². The normalized spacial score (nSPS) is 11.6. The second-order valence-electron chi connectivity index (χ2n) is 5.66. The lowest BCUT2D eigenvalue weighted by Crippen LogP contribution is -2.37. The summed E-state index contributed by atoms with van der Waals surface area (Å²) in [6.45, 7) is 5.14. The minimum absolute atomic E-state index is 0.0488. The van der Waals surface area contributed by atoms with Crippen molar-refractivity contribution in [3.63, 3.8) is 0 Å². The lowest BCUT2D eigenvalue weighted by Gasteiger charge is -2.26. The monoisotopic (exact) mass is 343 g/mol. The number of amides is 1. The molecule has 0 N–H and O–H groups in total. The van der Waals surface area contributed by atoms with Crippen LogP contribution in [0.1, 0.15) is 20.8 Å². The molecule has 0 unspecified atom stereocenters. The summed E-state index contributed by atoms with van der Waals surface area (Å²) in [6, 6.07) is 4.07. The molecule has 5 nitrogen and oxygen atoms in total. The van der Waals surface area contributed by atoms with E-state index in [2.05, 4.69) is 5.92 Å². The van der Waals surface area contributed by atoms with E-state index in [-0.39, 0.29) is 16.5 Å². The van der Waals surface area contributed by atoms with E-state index in [0.29, 0.717) is 5.69 Å². The number of carbonyl (C=O) groups excluding carboxylic acids is 1. The van der Waals surface area contributed by atoms with Crippen LogP contribution in [0.5, 0.6) is 0 Å². The molecule has 0 aliphatic rings. The van der Waals surface area contributed by atoms with Crippen molar-refractivity contribution >= 4 is 33.2 Å². The first-order valence-corrected chi connectivity index (χ1v) is 8.66. The van der Waals surface area contributed by atoms with Gasteiger partial charge in [-0.15, -0.1) is 6.42 Å². The second kappa shape index (κ2) is 6.59. The first-order valence-electron chi connectivity index (χ1n) is 6.39. The van der Waals surface area contributed by atoms with E-state index < -0.39 is 21.5 Å². The number of terminal acetylenes is 1. The van der Waals surface area contributed by atoms with Gasteiger partial charge >= 0.3 is 6.09 Å². The molecule has 1 aromatic carbocycles. The zero-order valence-corrected chi connectivity index (χ0v) is 14.5. The highest BCUT2D eigenvalue weighted by Gasteiger charge is 2.25. The van der Waals surface area contributed by atoms with Gasteiger partial charge < -0.3 is 4.74 Å². The van der Waals surface area contributed by atoms with Gasteiger partial charge in [-0.3, -0.25) is 4.90 Å². The van der Waals surface area contributed by atoms with Crippen molar-refractivity contribution in [3.05, 3.63) is 23.2 Å². The number of carbonyl (C=O) groups is 1. The molecule has 0 radical (unpaired) electrons. The predicted molar refractivity (Wildman–Crippen MR) is 87.0 cm³/mol. The highest BCUT2D eigenvalue weighted by Crippen LogP contribution is 2.29. The lowest BCUT2D eigenvalue weighted by molar-refractivity contribution is 0.0585. The van der Waals surface area contributed by atoms with Gasteiger partial charge in [0.1, 0.15) is 5.60 Å². The number of nitrogens with zero attached hydrogens (tertiary/aromatic N) is 1. The molecule has 0 saturated heterocycles. The van der Waals surface area contributed by atoms with Gasteiger partial charge in [0.15, 0.2) is 9.84 Å². The average Bonchev–Trinajstić information content (AvgIpc) is 2.33. The van der Waals surface area contributed by atoms with Crippen LogP contribution in [0.25, 0.3) is 0 Å². The number of benzene rings is 1. The molecule has 1 aromatic rings. The molecule has 22 heavy (non-hydrogen) atoms. The van der Waals surface area contributed by atoms with Crippen LogP contribution in [0.2, 0.25) is 5.02 Å². The summed E-state index contributed by atoms with van der Waals surface area (Å²) in [5.41, 5.74) is -0.399. The molecule has 1 rings (SSSR count). The summed E-state index contributed by atoms with van der Waals surface area (Å²) in [7, 11) is -3.39. The van der Waals surface area contributed by atoms with Crippen molar-refractivity contribution in [1.82, 2.24) is 0 Å². The number of rotatable bonds is 3. The van der Waals surface area contributed by atoms with Crippen molar-refractivity contribution in [1.29, 1.82) is 0 Å². The van der Waals surface area contributed by atoms with E-state index >= 15 is 0 Å². The topological polar surface area (TPSA) is 63.7 Å². The molecule has 0 atom stereocenters. The SMILES string of the molecule is C#CCN(C(=O)OC(C)(C)C)c1ccc(S(C)(=O)=O)cc1Cl. The Bertz CT molecular complexity index is 714. The number of anilines is 1. The summed E-state index contributed by atoms with van der Waals surface area (Å²) < 4.78 is 28.3. The van der Waals surface area contributed by atoms with Crippen molar-refractivity contribution < 1.29 is 17.9 Å². The quantitative estimate of drug-likeness (QED) is 0.791. The molecule has 7 heteroatoms. The van der Waals surface area contributed by atoms with Crippen LogP contribution in [0.3, 0.4) is 0 Å². The summed E-state index contributed by atoms with van der Waals surface area (Å²) in [5, 5.41) is 0.101. The molecule has 1 amide bonds. The van der Waals surface area contributed by atoms with E-state index in [4.69, 9.17) is 22.8 Å². The Kier molecular flexibility index (Phi) is 5.49. The largest absolute Gasteiger partial charge is 0.443 e. The number of hydrogen-bond donors (Lipinski definition) is 0. The average molecular weight is 344 g/mol. The molecule has 120 valence electrons. The zero-order valence-electron chi connectivity index (χ0n) is 12.9. The summed E-state index contributed by atoms with van der Waals surface area (Å²) in [5.74, 6) is 2.35. The van der Waals surface area contributed by atoms with Gasteiger partial charge in [0.25, 0.3) is 0 Å². The van der Waals surface area contributed by atoms with Gasteiger partial charge in [0, 0.05) is 6.26 Å². The smallest absolute Gasteiger partial charge is 0.415 e. The molecule has 0 aliphatic carbocycles. The minimum Gasteiger partial charge on any atom is -0.443 e. The third-order valence-corrected chi connectivity index (χ3v) is 3.91. The molecule has 0 heterocycles. The fraction of sp³-hybridized carbons (Fsp3) is 0.400. The Hall–Kier alpha value is -1.71. The third kappa shape index (κ3) is 4.93. The molecule has 0 aliphatic heterocycles.